The molecule has 0 aliphatic carbocycles. The lowest BCUT2D eigenvalue weighted by atomic mass is 9.96. The summed E-state index contributed by atoms with van der Waals surface area (Å²) in [6.45, 7) is 1.54. The molecule has 2 aliphatic rings. The summed E-state index contributed by atoms with van der Waals surface area (Å²) in [7, 11) is 1.65. The smallest absolute Gasteiger partial charge is 0.246 e. The highest BCUT2D eigenvalue weighted by Gasteiger charge is 2.41. The molecule has 24 heavy (non-hydrogen) atoms. The summed E-state index contributed by atoms with van der Waals surface area (Å²) >= 11 is 0. The Kier molecular flexibility index (Phi) is 3.49. The molecule has 2 atom stereocenters. The van der Waals surface area contributed by atoms with E-state index in [0.717, 1.165) is 34.8 Å². The monoisotopic (exact) mass is 322 g/mol. The second-order valence-electron chi connectivity index (χ2n) is 5.99. The first kappa shape index (κ1) is 14.8. The van der Waals surface area contributed by atoms with Gasteiger partial charge in [0.25, 0.3) is 0 Å². The lowest BCUT2D eigenvalue weighted by Crippen LogP contribution is -2.44. The number of carbonyl (C=O) groups is 1. The second kappa shape index (κ2) is 5.67. The normalized spacial score (nSPS) is 21.4. The van der Waals surface area contributed by atoms with Crippen molar-refractivity contribution < 1.29 is 14.3 Å². The number of hydrogen-bond donors (Lipinski definition) is 0. The van der Waals surface area contributed by atoms with E-state index in [4.69, 9.17) is 14.6 Å². The summed E-state index contributed by atoms with van der Waals surface area (Å²) in [6.07, 6.45) is 0.0804. The third-order valence-electron chi connectivity index (χ3n) is 4.47. The molecule has 0 bridgehead atoms. The van der Waals surface area contributed by atoms with E-state index in [1.165, 1.54) is 6.92 Å². The fraction of sp³-hybridized carbons (Fsp3) is 0.263. The van der Waals surface area contributed by atoms with Crippen molar-refractivity contribution in [3.8, 4) is 11.5 Å². The highest BCUT2D eigenvalue weighted by Crippen LogP contribution is 2.43. The predicted molar refractivity (Wildman–Crippen MR) is 90.3 cm³/mol. The Bertz CT molecular complexity index is 814. The van der Waals surface area contributed by atoms with Gasteiger partial charge in [0, 0.05) is 18.9 Å². The molecule has 5 heteroatoms. The molecule has 0 spiro atoms. The molecule has 4 rings (SSSR count). The number of Topliss-reactive ketones (excluding diaryl/α,β-unsaturated/α-hetero) is 1. The van der Waals surface area contributed by atoms with Crippen LogP contribution < -0.4 is 9.47 Å². The van der Waals surface area contributed by atoms with Gasteiger partial charge in [0.15, 0.2) is 5.78 Å². The molecule has 122 valence electrons. The maximum absolute atomic E-state index is 12.0. The number of hydrogen-bond acceptors (Lipinski definition) is 5. The number of para-hydroxylation sites is 1. The van der Waals surface area contributed by atoms with Crippen LogP contribution in [-0.2, 0) is 4.79 Å². The van der Waals surface area contributed by atoms with Crippen LogP contribution in [0.25, 0.3) is 0 Å². The van der Waals surface area contributed by atoms with Gasteiger partial charge in [0.05, 0.1) is 18.9 Å². The molecule has 0 saturated carbocycles. The Balaban J connectivity index is 1.72. The van der Waals surface area contributed by atoms with E-state index in [9.17, 15) is 4.79 Å². The third-order valence-corrected chi connectivity index (χ3v) is 4.47. The summed E-state index contributed by atoms with van der Waals surface area (Å²) < 4.78 is 11.1. The Hall–Kier alpha value is -2.82. The van der Waals surface area contributed by atoms with E-state index < -0.39 is 6.23 Å². The zero-order chi connectivity index (χ0) is 16.7. The van der Waals surface area contributed by atoms with Crippen molar-refractivity contribution in [3.63, 3.8) is 0 Å². The fourth-order valence-corrected chi connectivity index (χ4v) is 3.26. The van der Waals surface area contributed by atoms with Crippen LogP contribution in [0.3, 0.4) is 0 Å². The maximum Gasteiger partial charge on any atom is 0.246 e. The van der Waals surface area contributed by atoms with Crippen molar-refractivity contribution in [1.82, 2.24) is 5.01 Å². The topological polar surface area (TPSA) is 51.1 Å². The number of rotatable bonds is 3. The van der Waals surface area contributed by atoms with Gasteiger partial charge in [-0.1, -0.05) is 18.2 Å². The minimum atomic E-state index is -0.666. The van der Waals surface area contributed by atoms with Crippen LogP contribution in [0.5, 0.6) is 11.5 Å². The van der Waals surface area contributed by atoms with E-state index in [2.05, 4.69) is 0 Å². The number of ether oxygens (including phenoxy) is 2. The molecular formula is C19H18N2O3. The largest absolute Gasteiger partial charge is 0.497 e. The summed E-state index contributed by atoms with van der Waals surface area (Å²) in [4.78, 5) is 12.0. The lowest BCUT2D eigenvalue weighted by Gasteiger charge is -2.36. The zero-order valence-electron chi connectivity index (χ0n) is 13.6. The van der Waals surface area contributed by atoms with Crippen LogP contribution in [-0.4, -0.2) is 29.8 Å². The number of carbonyl (C=O) groups excluding carboxylic acids is 1. The molecule has 0 fully saturated rings. The maximum atomic E-state index is 12.0. The number of benzene rings is 2. The molecule has 0 amide bonds. The van der Waals surface area contributed by atoms with Crippen LogP contribution in [0.4, 0.5) is 0 Å². The summed E-state index contributed by atoms with van der Waals surface area (Å²) in [6, 6.07) is 15.7. The quantitative estimate of drug-likeness (QED) is 0.871. The molecule has 5 nitrogen and oxygen atoms in total. The van der Waals surface area contributed by atoms with Crippen LogP contribution >= 0.6 is 0 Å². The SMILES string of the molecule is COc1ccc(C2=NN3C(C(C)=O)Oc4ccccc4C3C2)cc1. The molecule has 2 aromatic carbocycles. The molecule has 2 heterocycles. The molecule has 0 radical (unpaired) electrons. The Morgan fingerprint density at radius 3 is 2.67 bits per heavy atom. The van der Waals surface area contributed by atoms with Crippen LogP contribution in [0.15, 0.2) is 53.6 Å². The highest BCUT2D eigenvalue weighted by atomic mass is 16.5. The van der Waals surface area contributed by atoms with E-state index in [1.54, 1.807) is 12.1 Å². The first-order valence-corrected chi connectivity index (χ1v) is 7.93. The van der Waals surface area contributed by atoms with Crippen molar-refractivity contribution in [3.05, 3.63) is 59.7 Å². The summed E-state index contributed by atoms with van der Waals surface area (Å²) in [5.74, 6) is 1.53. The first-order chi connectivity index (χ1) is 11.7. The standard InChI is InChI=1S/C19H18N2O3/c1-12(22)19-21-17(15-5-3-4-6-18(15)24-19)11-16(20-21)13-7-9-14(23-2)10-8-13/h3-10,17,19H,11H2,1-2H3. The average molecular weight is 322 g/mol. The molecule has 2 unspecified atom stereocenters. The number of nitrogens with zero attached hydrogens (tertiary/aromatic N) is 2. The van der Waals surface area contributed by atoms with Gasteiger partial charge in [-0.15, -0.1) is 0 Å². The van der Waals surface area contributed by atoms with Gasteiger partial charge in [0.2, 0.25) is 6.23 Å². The van der Waals surface area contributed by atoms with Crippen molar-refractivity contribution in [1.29, 1.82) is 0 Å². The van der Waals surface area contributed by atoms with Crippen molar-refractivity contribution in [2.24, 2.45) is 5.10 Å². The third kappa shape index (κ3) is 2.33. The van der Waals surface area contributed by atoms with E-state index in [0.29, 0.717) is 0 Å². The van der Waals surface area contributed by atoms with Crippen molar-refractivity contribution in [2.45, 2.75) is 25.6 Å². The number of fused-ring (bicyclic) bond motifs is 3. The molecule has 2 aromatic rings. The molecule has 0 aromatic heterocycles. The number of ketones is 1. The highest BCUT2D eigenvalue weighted by molar-refractivity contribution is 6.02. The van der Waals surface area contributed by atoms with E-state index >= 15 is 0 Å². The van der Waals surface area contributed by atoms with Gasteiger partial charge in [-0.3, -0.25) is 4.79 Å². The van der Waals surface area contributed by atoms with Crippen molar-refractivity contribution >= 4 is 11.5 Å². The molecule has 0 saturated heterocycles. The van der Waals surface area contributed by atoms with Crippen LogP contribution in [0.1, 0.15) is 30.5 Å². The van der Waals surface area contributed by atoms with Gasteiger partial charge in [-0.2, -0.15) is 5.10 Å². The summed E-state index contributed by atoms with van der Waals surface area (Å²) in [5, 5.41) is 6.50. The van der Waals surface area contributed by atoms with Crippen molar-refractivity contribution in [2.75, 3.05) is 7.11 Å². The zero-order valence-corrected chi connectivity index (χ0v) is 13.6. The Labute approximate surface area is 140 Å². The fourth-order valence-electron chi connectivity index (χ4n) is 3.26. The first-order valence-electron chi connectivity index (χ1n) is 7.93. The molecule has 0 N–H and O–H groups in total. The van der Waals surface area contributed by atoms with Gasteiger partial charge in [-0.25, -0.2) is 5.01 Å². The van der Waals surface area contributed by atoms with E-state index in [-0.39, 0.29) is 11.8 Å². The number of hydrazone groups is 1. The lowest BCUT2D eigenvalue weighted by molar-refractivity contribution is -0.135. The minimum Gasteiger partial charge on any atom is -0.497 e. The average Bonchev–Trinajstić information content (AvgIpc) is 3.06. The van der Waals surface area contributed by atoms with Crippen LogP contribution in [0.2, 0.25) is 0 Å². The predicted octanol–water partition coefficient (Wildman–Crippen LogP) is 3.15. The second-order valence-corrected chi connectivity index (χ2v) is 5.99. The van der Waals surface area contributed by atoms with Crippen LogP contribution in [0, 0.1) is 0 Å². The van der Waals surface area contributed by atoms with E-state index in [1.807, 2.05) is 48.5 Å². The van der Waals surface area contributed by atoms with Gasteiger partial charge in [0.1, 0.15) is 11.5 Å². The molecule has 2 aliphatic heterocycles. The van der Waals surface area contributed by atoms with Gasteiger partial charge >= 0.3 is 0 Å². The minimum absolute atomic E-state index is 0.0287. The summed E-state index contributed by atoms with van der Waals surface area (Å²) in [5.41, 5.74) is 3.06. The Morgan fingerprint density at radius 1 is 1.21 bits per heavy atom. The molecular weight excluding hydrogens is 304 g/mol. The number of methoxy groups -OCH3 is 1. The Morgan fingerprint density at radius 2 is 1.96 bits per heavy atom. The van der Waals surface area contributed by atoms with Gasteiger partial charge in [-0.05, 0) is 35.9 Å². The van der Waals surface area contributed by atoms with Gasteiger partial charge < -0.3 is 9.47 Å².